The fraction of sp³-hybridized carbons (Fsp3) is 0.0426. The second-order valence-electron chi connectivity index (χ2n) is 13.4. The number of benzene rings is 8. The van der Waals surface area contributed by atoms with Crippen LogP contribution in [-0.2, 0) is 6.42 Å². The van der Waals surface area contributed by atoms with Crippen LogP contribution in [0.4, 0.5) is 0 Å². The van der Waals surface area contributed by atoms with Crippen molar-refractivity contribution in [3.05, 3.63) is 175 Å². The first kappa shape index (κ1) is 26.8. The van der Waals surface area contributed by atoms with Crippen LogP contribution in [0.3, 0.4) is 0 Å². The molecule has 0 amide bonds. The Morgan fingerprint density at radius 1 is 0.551 bits per heavy atom. The summed E-state index contributed by atoms with van der Waals surface area (Å²) in [5.74, 6) is 0. The summed E-state index contributed by atoms with van der Waals surface area (Å²) in [6.07, 6.45) is 13.0. The van der Waals surface area contributed by atoms with Crippen molar-refractivity contribution in [1.29, 1.82) is 0 Å². The summed E-state index contributed by atoms with van der Waals surface area (Å²) >= 11 is 0. The first-order valence-electron chi connectivity index (χ1n) is 17.1. The van der Waals surface area contributed by atoms with E-state index in [2.05, 4.69) is 173 Å². The maximum atomic E-state index is 3.98. The standard InChI is InChI=1S/C47H30N2/c1-3-9-36(10-4-1)46-47(37-11-5-2-6-12-37)49(41-28-24-35-20-18-31-14-8-16-33-22-26-39(41)45(35)43(31)33)29-48(46)40-27-23-34-19-17-30-13-7-15-32-21-25-38(40)44(34)42(30)32/h1-13,15-19,21-28H,14,20H2. The molecular formula is C47H30N2. The molecule has 0 N–H and O–H groups in total. The average Bonchev–Trinajstić information content (AvgIpc) is 3.57. The molecule has 0 bridgehead atoms. The van der Waals surface area contributed by atoms with Crippen molar-refractivity contribution in [2.24, 2.45) is 0 Å². The lowest BCUT2D eigenvalue weighted by Gasteiger charge is -2.25. The van der Waals surface area contributed by atoms with Crippen LogP contribution in [0.25, 0.3) is 88.6 Å². The molecular weight excluding hydrogens is 593 g/mol. The summed E-state index contributed by atoms with van der Waals surface area (Å²) in [6.45, 7) is 0. The van der Waals surface area contributed by atoms with E-state index in [0.717, 1.165) is 46.7 Å². The topological polar surface area (TPSA) is 8.81 Å². The highest BCUT2D eigenvalue weighted by Crippen LogP contribution is 2.44. The average molecular weight is 623 g/mol. The molecule has 49 heavy (non-hydrogen) atoms. The zero-order chi connectivity index (χ0) is 32.1. The van der Waals surface area contributed by atoms with Gasteiger partial charge in [0.1, 0.15) is 0 Å². The van der Waals surface area contributed by atoms with Crippen molar-refractivity contribution in [1.82, 2.24) is 4.57 Å². The fourth-order valence-electron chi connectivity index (χ4n) is 8.60. The minimum atomic E-state index is 0.968. The lowest BCUT2D eigenvalue weighted by molar-refractivity contribution is -0.586. The van der Waals surface area contributed by atoms with Gasteiger partial charge in [-0.25, -0.2) is 0 Å². The van der Waals surface area contributed by atoms with Gasteiger partial charge in [-0.15, -0.1) is 0 Å². The zero-order valence-electron chi connectivity index (χ0n) is 26.8. The highest BCUT2D eigenvalue weighted by molar-refractivity contribution is 6.24. The van der Waals surface area contributed by atoms with Gasteiger partial charge in [0.15, 0.2) is 0 Å². The molecule has 9 aromatic rings. The van der Waals surface area contributed by atoms with Crippen molar-refractivity contribution in [2.75, 3.05) is 0 Å². The summed E-state index contributed by atoms with van der Waals surface area (Å²) in [7, 11) is 0. The van der Waals surface area contributed by atoms with Gasteiger partial charge in [-0.2, -0.15) is 0 Å². The molecule has 228 valence electrons. The summed E-state index contributed by atoms with van der Waals surface area (Å²) < 4.78 is 4.65. The van der Waals surface area contributed by atoms with E-state index in [0.29, 0.717) is 0 Å². The van der Waals surface area contributed by atoms with E-state index in [-0.39, 0.29) is 0 Å². The molecule has 0 saturated heterocycles. The van der Waals surface area contributed by atoms with Gasteiger partial charge in [0.2, 0.25) is 0 Å². The smallest absolute Gasteiger partial charge is 0.269 e. The second-order valence-corrected chi connectivity index (χ2v) is 13.4. The molecule has 0 aliphatic heterocycles. The predicted octanol–water partition coefficient (Wildman–Crippen LogP) is 11.3. The highest BCUT2D eigenvalue weighted by atomic mass is 15.2. The van der Waals surface area contributed by atoms with Crippen LogP contribution in [0, 0.1) is 6.33 Å². The van der Waals surface area contributed by atoms with Crippen molar-refractivity contribution in [3.63, 3.8) is 0 Å². The van der Waals surface area contributed by atoms with Gasteiger partial charge in [-0.1, -0.05) is 146 Å². The quantitative estimate of drug-likeness (QED) is 0.105. The number of allylic oxidation sites excluding steroid dienone is 3. The Hall–Kier alpha value is -6.25. The van der Waals surface area contributed by atoms with E-state index in [4.69, 9.17) is 0 Å². The maximum absolute atomic E-state index is 3.98. The first-order chi connectivity index (χ1) is 24.3. The van der Waals surface area contributed by atoms with Gasteiger partial charge in [0.05, 0.1) is 22.8 Å². The van der Waals surface area contributed by atoms with E-state index in [1.54, 1.807) is 0 Å². The van der Waals surface area contributed by atoms with Crippen LogP contribution in [-0.4, -0.2) is 4.57 Å². The molecule has 2 aliphatic carbocycles. The molecule has 2 aliphatic rings. The molecule has 0 atom stereocenters. The molecule has 1 heterocycles. The Balaban J connectivity index is 1.29. The van der Waals surface area contributed by atoms with Gasteiger partial charge < -0.3 is 0 Å². The van der Waals surface area contributed by atoms with Gasteiger partial charge in [-0.3, -0.25) is 9.13 Å². The number of rotatable bonds is 4. The van der Waals surface area contributed by atoms with E-state index in [1.165, 1.54) is 65.4 Å². The molecule has 0 radical (unpaired) electrons. The fourth-order valence-corrected chi connectivity index (χ4v) is 8.60. The Kier molecular flexibility index (Phi) is 5.53. The highest BCUT2D eigenvalue weighted by Gasteiger charge is 2.26. The Labute approximate surface area is 284 Å². The van der Waals surface area contributed by atoms with Crippen LogP contribution in [0.1, 0.15) is 23.1 Å². The van der Waals surface area contributed by atoms with Gasteiger partial charge in [-0.05, 0) is 101 Å². The number of aromatic nitrogens is 2. The molecule has 2 nitrogen and oxygen atoms in total. The number of nitrogens with zero attached hydrogens (tertiary/aromatic N) is 2. The normalized spacial score (nSPS) is 13.6. The second kappa shape index (κ2) is 10.1. The molecule has 11 rings (SSSR count). The van der Waals surface area contributed by atoms with Crippen molar-refractivity contribution in [3.8, 4) is 33.9 Å². The third-order valence-corrected chi connectivity index (χ3v) is 10.8. The summed E-state index contributed by atoms with van der Waals surface area (Å²) in [5, 5.41) is 10.3. The zero-order valence-corrected chi connectivity index (χ0v) is 26.8. The van der Waals surface area contributed by atoms with Crippen molar-refractivity contribution < 1.29 is 4.57 Å². The predicted molar refractivity (Wildman–Crippen MR) is 204 cm³/mol. The molecule has 1 aromatic heterocycles. The molecule has 0 fully saturated rings. The molecule has 2 heteroatoms. The van der Waals surface area contributed by atoms with Crippen molar-refractivity contribution in [2.45, 2.75) is 12.8 Å². The largest absolute Gasteiger partial charge is 0.291 e. The first-order valence-corrected chi connectivity index (χ1v) is 17.1. The van der Waals surface area contributed by atoms with Crippen LogP contribution in [0.5, 0.6) is 0 Å². The van der Waals surface area contributed by atoms with Crippen LogP contribution in [0.2, 0.25) is 0 Å². The number of hydrogen-bond acceptors (Lipinski definition) is 0. The Morgan fingerprint density at radius 3 is 2.08 bits per heavy atom. The van der Waals surface area contributed by atoms with E-state index in [1.807, 2.05) is 0 Å². The van der Waals surface area contributed by atoms with Gasteiger partial charge >= 0.3 is 0 Å². The number of imidazole rings is 1. The minimum absolute atomic E-state index is 0.968. The SMILES string of the molecule is [c-]1n(-c2ccc3c4c5c(ccc24)C=CCC5=CC3)c(-c2ccccc2)c(-c2ccccc2)[n+]1-c1ccc2ccc3cccc4ccc1c2c34. The summed E-state index contributed by atoms with van der Waals surface area (Å²) in [6, 6.07) is 51.2. The van der Waals surface area contributed by atoms with Crippen LogP contribution >= 0.6 is 0 Å². The summed E-state index contributed by atoms with van der Waals surface area (Å²) in [5.41, 5.74) is 12.4. The molecule has 8 aromatic carbocycles. The Morgan fingerprint density at radius 2 is 1.27 bits per heavy atom. The molecule has 0 spiro atoms. The lowest BCUT2D eigenvalue weighted by Crippen LogP contribution is -2.32. The monoisotopic (exact) mass is 622 g/mol. The van der Waals surface area contributed by atoms with Crippen LogP contribution < -0.4 is 4.57 Å². The number of hydrogen-bond donors (Lipinski definition) is 0. The Bertz CT molecular complexity index is 2840. The van der Waals surface area contributed by atoms with Gasteiger partial charge in [0.25, 0.3) is 6.33 Å². The minimum Gasteiger partial charge on any atom is -0.291 e. The maximum Gasteiger partial charge on any atom is 0.269 e. The third kappa shape index (κ3) is 3.80. The summed E-state index contributed by atoms with van der Waals surface area (Å²) in [4.78, 5) is 0. The van der Waals surface area contributed by atoms with E-state index >= 15 is 0 Å². The van der Waals surface area contributed by atoms with Gasteiger partial charge in [0, 0.05) is 0 Å². The molecule has 0 unspecified atom stereocenters. The van der Waals surface area contributed by atoms with E-state index in [9.17, 15) is 0 Å². The van der Waals surface area contributed by atoms with Crippen molar-refractivity contribution >= 4 is 54.7 Å². The third-order valence-electron chi connectivity index (χ3n) is 10.8. The lowest BCUT2D eigenvalue weighted by atomic mass is 9.81. The van der Waals surface area contributed by atoms with Crippen LogP contribution in [0.15, 0.2) is 152 Å². The molecule has 0 saturated carbocycles. The van der Waals surface area contributed by atoms with E-state index < -0.39 is 0 Å².